The number of ether oxygens (including phenoxy) is 2. The molecule has 2 saturated heterocycles. The highest BCUT2D eigenvalue weighted by molar-refractivity contribution is 7.91. The fourth-order valence-corrected chi connectivity index (χ4v) is 8.53. The number of hydrogen-bond acceptors (Lipinski definition) is 8. The Morgan fingerprint density at radius 1 is 1.06 bits per heavy atom. The van der Waals surface area contributed by atoms with E-state index < -0.39 is 10.0 Å². The second kappa shape index (κ2) is 10.2. The molecular formula is C23H26ClN3O5S3. The molecule has 0 bridgehead atoms. The summed E-state index contributed by atoms with van der Waals surface area (Å²) in [6.45, 7) is 1.95. The second-order valence-corrected chi connectivity index (χ2v) is 13.6. The van der Waals surface area contributed by atoms with Gasteiger partial charge in [0.2, 0.25) is 5.91 Å². The number of aromatic nitrogens is 1. The SMILES string of the molecule is COc1ccc2sc(OC3CCN(C(=O)C4CCN(S(=O)(=O)c5ccc(Cl)s5)CC4)CC3)nc2c1. The van der Waals surface area contributed by atoms with Crippen LogP contribution >= 0.6 is 34.3 Å². The maximum Gasteiger partial charge on any atom is 0.274 e. The van der Waals surface area contributed by atoms with Gasteiger partial charge in [-0.25, -0.2) is 13.4 Å². The van der Waals surface area contributed by atoms with E-state index in [0.717, 1.165) is 40.1 Å². The van der Waals surface area contributed by atoms with Gasteiger partial charge in [-0.2, -0.15) is 4.31 Å². The van der Waals surface area contributed by atoms with Crippen LogP contribution in [0.15, 0.2) is 34.5 Å². The van der Waals surface area contributed by atoms with Gasteiger partial charge in [-0.1, -0.05) is 22.9 Å². The number of likely N-dealkylation sites (tertiary alicyclic amines) is 1. The van der Waals surface area contributed by atoms with Gasteiger partial charge in [-0.3, -0.25) is 4.79 Å². The van der Waals surface area contributed by atoms with Gasteiger partial charge in [0, 0.05) is 51.0 Å². The minimum Gasteiger partial charge on any atom is -0.497 e. The number of piperidine rings is 2. The van der Waals surface area contributed by atoms with Crippen molar-refractivity contribution < 1.29 is 22.7 Å². The highest BCUT2D eigenvalue weighted by atomic mass is 35.5. The van der Waals surface area contributed by atoms with Crippen LogP contribution in [-0.2, 0) is 14.8 Å². The Hall–Kier alpha value is -1.92. The fraction of sp³-hybridized carbons (Fsp3) is 0.478. The normalized spacial score (nSPS) is 18.7. The van der Waals surface area contributed by atoms with Crippen LogP contribution in [0.5, 0.6) is 10.9 Å². The maximum atomic E-state index is 13.1. The number of fused-ring (bicyclic) bond motifs is 1. The number of amides is 1. The first-order valence-electron chi connectivity index (χ1n) is 11.5. The summed E-state index contributed by atoms with van der Waals surface area (Å²) in [7, 11) is -1.92. The smallest absolute Gasteiger partial charge is 0.274 e. The molecule has 188 valence electrons. The lowest BCUT2D eigenvalue weighted by molar-refractivity contribution is -0.138. The molecule has 12 heteroatoms. The molecule has 2 aromatic heterocycles. The van der Waals surface area contributed by atoms with E-state index in [1.165, 1.54) is 21.7 Å². The van der Waals surface area contributed by atoms with Crippen molar-refractivity contribution in [2.45, 2.75) is 36.0 Å². The molecule has 4 heterocycles. The lowest BCUT2D eigenvalue weighted by Crippen LogP contribution is -2.47. The molecule has 0 spiro atoms. The van der Waals surface area contributed by atoms with E-state index in [1.807, 2.05) is 23.1 Å². The number of methoxy groups -OCH3 is 1. The van der Waals surface area contributed by atoms with E-state index >= 15 is 0 Å². The summed E-state index contributed by atoms with van der Waals surface area (Å²) in [6, 6.07) is 8.91. The third-order valence-electron chi connectivity index (χ3n) is 6.54. The molecule has 8 nitrogen and oxygen atoms in total. The number of carbonyl (C=O) groups is 1. The number of hydrogen-bond donors (Lipinski definition) is 0. The molecule has 0 aliphatic carbocycles. The van der Waals surface area contributed by atoms with Crippen molar-refractivity contribution in [2.75, 3.05) is 33.3 Å². The molecule has 2 aliphatic rings. The molecular weight excluding hydrogens is 530 g/mol. The van der Waals surface area contributed by atoms with Crippen LogP contribution in [0.3, 0.4) is 0 Å². The van der Waals surface area contributed by atoms with Crippen LogP contribution in [0.2, 0.25) is 4.34 Å². The molecule has 2 fully saturated rings. The van der Waals surface area contributed by atoms with Crippen LogP contribution in [0, 0.1) is 5.92 Å². The summed E-state index contributed by atoms with van der Waals surface area (Å²) >= 11 is 8.48. The van der Waals surface area contributed by atoms with Crippen LogP contribution < -0.4 is 9.47 Å². The summed E-state index contributed by atoms with van der Waals surface area (Å²) in [4.78, 5) is 19.6. The molecule has 0 saturated carbocycles. The Balaban J connectivity index is 1.12. The van der Waals surface area contributed by atoms with E-state index in [4.69, 9.17) is 21.1 Å². The van der Waals surface area contributed by atoms with Crippen molar-refractivity contribution in [3.8, 4) is 10.9 Å². The Bertz CT molecular complexity index is 1310. The summed E-state index contributed by atoms with van der Waals surface area (Å²) in [5.74, 6) is 0.734. The Morgan fingerprint density at radius 2 is 1.80 bits per heavy atom. The highest BCUT2D eigenvalue weighted by Gasteiger charge is 2.35. The molecule has 2 aliphatic heterocycles. The van der Waals surface area contributed by atoms with Crippen LogP contribution in [0.4, 0.5) is 0 Å². The molecule has 0 radical (unpaired) electrons. The van der Waals surface area contributed by atoms with Crippen molar-refractivity contribution in [2.24, 2.45) is 5.92 Å². The molecule has 0 atom stereocenters. The van der Waals surface area contributed by atoms with E-state index in [9.17, 15) is 13.2 Å². The fourth-order valence-electron chi connectivity index (χ4n) is 4.56. The number of benzene rings is 1. The predicted octanol–water partition coefficient (Wildman–Crippen LogP) is 4.49. The third kappa shape index (κ3) is 5.29. The van der Waals surface area contributed by atoms with E-state index in [2.05, 4.69) is 4.98 Å². The predicted molar refractivity (Wildman–Crippen MR) is 137 cm³/mol. The second-order valence-electron chi connectivity index (χ2n) is 8.69. The largest absolute Gasteiger partial charge is 0.497 e. The quantitative estimate of drug-likeness (QED) is 0.445. The van der Waals surface area contributed by atoms with Crippen molar-refractivity contribution >= 4 is 60.4 Å². The first-order chi connectivity index (χ1) is 16.8. The summed E-state index contributed by atoms with van der Waals surface area (Å²) < 4.78 is 40.2. The van der Waals surface area contributed by atoms with Crippen molar-refractivity contribution in [3.63, 3.8) is 0 Å². The number of rotatable bonds is 6. The Kier molecular flexibility index (Phi) is 7.23. The molecule has 0 N–H and O–H groups in total. The van der Waals surface area contributed by atoms with Crippen molar-refractivity contribution in [1.82, 2.24) is 14.2 Å². The minimum absolute atomic E-state index is 0.0196. The Morgan fingerprint density at radius 3 is 2.46 bits per heavy atom. The monoisotopic (exact) mass is 555 g/mol. The van der Waals surface area contributed by atoms with Gasteiger partial charge in [-0.15, -0.1) is 11.3 Å². The lowest BCUT2D eigenvalue weighted by atomic mass is 9.95. The summed E-state index contributed by atoms with van der Waals surface area (Å²) in [5.41, 5.74) is 0.854. The van der Waals surface area contributed by atoms with Crippen molar-refractivity contribution in [3.05, 3.63) is 34.7 Å². The molecule has 35 heavy (non-hydrogen) atoms. The lowest BCUT2D eigenvalue weighted by Gasteiger charge is -2.36. The molecule has 5 rings (SSSR count). The van der Waals surface area contributed by atoms with Gasteiger partial charge in [0.15, 0.2) is 0 Å². The van der Waals surface area contributed by atoms with Gasteiger partial charge in [0.05, 0.1) is 21.7 Å². The van der Waals surface area contributed by atoms with Gasteiger partial charge in [0.1, 0.15) is 16.1 Å². The average Bonchev–Trinajstić information content (AvgIpc) is 3.49. The summed E-state index contributed by atoms with van der Waals surface area (Å²) in [5, 5.41) is 0.638. The number of nitrogens with zero attached hydrogens (tertiary/aromatic N) is 3. The van der Waals surface area contributed by atoms with Crippen LogP contribution in [-0.4, -0.2) is 67.9 Å². The number of carbonyl (C=O) groups excluding carboxylic acids is 1. The zero-order valence-electron chi connectivity index (χ0n) is 19.2. The van der Waals surface area contributed by atoms with Crippen LogP contribution in [0.25, 0.3) is 10.2 Å². The van der Waals surface area contributed by atoms with Gasteiger partial charge >= 0.3 is 0 Å². The van der Waals surface area contributed by atoms with Gasteiger partial charge < -0.3 is 14.4 Å². The van der Waals surface area contributed by atoms with E-state index in [-0.39, 0.29) is 22.1 Å². The Labute approximate surface area is 217 Å². The standard InChI is InChI=1S/C23H26ClN3O5S3/c1-31-17-2-3-19-18(14-17)25-23(33-19)32-16-8-10-26(11-9-16)22(28)15-6-12-27(13-7-15)35(29,30)21-5-4-20(24)34-21/h2-5,14-16H,6-13H2,1H3. The van der Waals surface area contributed by atoms with Crippen LogP contribution in [0.1, 0.15) is 25.7 Å². The molecule has 1 aromatic carbocycles. The number of thiophene rings is 1. The highest BCUT2D eigenvalue weighted by Crippen LogP contribution is 2.33. The van der Waals surface area contributed by atoms with E-state index in [1.54, 1.807) is 13.2 Å². The first-order valence-corrected chi connectivity index (χ1v) is 14.9. The average molecular weight is 556 g/mol. The molecule has 1 amide bonds. The zero-order valence-corrected chi connectivity index (χ0v) is 22.4. The molecule has 3 aromatic rings. The van der Waals surface area contributed by atoms with Crippen molar-refractivity contribution in [1.29, 1.82) is 0 Å². The zero-order chi connectivity index (χ0) is 24.6. The minimum atomic E-state index is -3.55. The maximum absolute atomic E-state index is 13.1. The topological polar surface area (TPSA) is 89.0 Å². The van der Waals surface area contributed by atoms with E-state index in [0.29, 0.717) is 48.6 Å². The molecule has 0 unspecified atom stereocenters. The number of halogens is 1. The third-order valence-corrected chi connectivity index (χ3v) is 11.1. The summed E-state index contributed by atoms with van der Waals surface area (Å²) in [6.07, 6.45) is 2.58. The van der Waals surface area contributed by atoms with Gasteiger partial charge in [-0.05, 0) is 37.1 Å². The number of sulfonamides is 1. The van der Waals surface area contributed by atoms with Gasteiger partial charge in [0.25, 0.3) is 15.2 Å². The first kappa shape index (κ1) is 24.8. The number of thiazole rings is 1.